The number of benzene rings is 1. The lowest BCUT2D eigenvalue weighted by atomic mass is 10.1. The lowest BCUT2D eigenvalue weighted by molar-refractivity contribution is 0.225. The highest BCUT2D eigenvalue weighted by atomic mass is 16.5. The van der Waals surface area contributed by atoms with Crippen LogP contribution < -0.4 is 10.1 Å². The molecule has 0 amide bonds. The van der Waals surface area contributed by atoms with E-state index < -0.39 is 0 Å². The van der Waals surface area contributed by atoms with E-state index in [1.54, 1.807) is 0 Å². The molecule has 0 aliphatic carbocycles. The van der Waals surface area contributed by atoms with Gasteiger partial charge in [0.15, 0.2) is 11.3 Å². The van der Waals surface area contributed by atoms with Crippen LogP contribution in [0.2, 0.25) is 0 Å². The molecule has 0 fully saturated rings. The van der Waals surface area contributed by atoms with Crippen molar-refractivity contribution in [3.8, 4) is 5.75 Å². The zero-order chi connectivity index (χ0) is 14.5. The number of hydrogen-bond donors (Lipinski definition) is 2. The number of para-hydroxylation sites is 1. The SMILES string of the molecule is CCOc1cccc2cc(C(C)NC(CC)CO)oc12. The van der Waals surface area contributed by atoms with Gasteiger partial charge < -0.3 is 19.6 Å². The predicted octanol–water partition coefficient (Wildman–Crippen LogP) is 3.25. The van der Waals surface area contributed by atoms with Gasteiger partial charge in [0.25, 0.3) is 0 Å². The van der Waals surface area contributed by atoms with Gasteiger partial charge in [-0.2, -0.15) is 0 Å². The summed E-state index contributed by atoms with van der Waals surface area (Å²) in [5.74, 6) is 1.64. The molecule has 2 atom stereocenters. The van der Waals surface area contributed by atoms with E-state index in [4.69, 9.17) is 9.15 Å². The average Bonchev–Trinajstić information content (AvgIpc) is 2.90. The van der Waals surface area contributed by atoms with Gasteiger partial charge in [0.05, 0.1) is 19.3 Å². The van der Waals surface area contributed by atoms with Crippen LogP contribution >= 0.6 is 0 Å². The van der Waals surface area contributed by atoms with Crippen LogP contribution in [-0.2, 0) is 0 Å². The Morgan fingerprint density at radius 1 is 1.35 bits per heavy atom. The highest BCUT2D eigenvalue weighted by Gasteiger charge is 2.16. The largest absolute Gasteiger partial charge is 0.490 e. The smallest absolute Gasteiger partial charge is 0.176 e. The molecule has 110 valence electrons. The second-order valence-electron chi connectivity index (χ2n) is 4.93. The van der Waals surface area contributed by atoms with E-state index >= 15 is 0 Å². The topological polar surface area (TPSA) is 54.6 Å². The number of furan rings is 1. The van der Waals surface area contributed by atoms with Crippen LogP contribution in [0.4, 0.5) is 0 Å². The molecule has 2 N–H and O–H groups in total. The molecule has 2 unspecified atom stereocenters. The number of aliphatic hydroxyl groups excluding tert-OH is 1. The molecule has 1 aromatic heterocycles. The molecule has 0 aliphatic rings. The Morgan fingerprint density at radius 3 is 2.80 bits per heavy atom. The first-order valence-electron chi connectivity index (χ1n) is 7.21. The Kier molecular flexibility index (Phi) is 5.04. The molecule has 0 aliphatic heterocycles. The molecule has 0 spiro atoms. The monoisotopic (exact) mass is 277 g/mol. The van der Waals surface area contributed by atoms with Crippen molar-refractivity contribution in [2.45, 2.75) is 39.3 Å². The standard InChI is InChI=1S/C16H23NO3/c1-4-13(10-18)17-11(3)15-9-12-7-6-8-14(19-5-2)16(12)20-15/h6-9,11,13,17-18H,4-5,10H2,1-3H3. The van der Waals surface area contributed by atoms with Gasteiger partial charge in [0, 0.05) is 11.4 Å². The molecule has 1 heterocycles. The molecule has 2 rings (SSSR count). The number of aliphatic hydroxyl groups is 1. The van der Waals surface area contributed by atoms with Crippen LogP contribution in [0.5, 0.6) is 5.75 Å². The van der Waals surface area contributed by atoms with E-state index in [0.29, 0.717) is 6.61 Å². The highest BCUT2D eigenvalue weighted by molar-refractivity contribution is 5.83. The molecule has 0 bridgehead atoms. The Balaban J connectivity index is 2.24. The first-order valence-corrected chi connectivity index (χ1v) is 7.21. The second-order valence-corrected chi connectivity index (χ2v) is 4.93. The maximum atomic E-state index is 9.26. The van der Waals surface area contributed by atoms with Gasteiger partial charge in [-0.3, -0.25) is 0 Å². The Hall–Kier alpha value is -1.52. The quantitative estimate of drug-likeness (QED) is 0.815. The molecule has 4 heteroatoms. The lowest BCUT2D eigenvalue weighted by Crippen LogP contribution is -2.33. The summed E-state index contributed by atoms with van der Waals surface area (Å²) in [5.41, 5.74) is 0.787. The summed E-state index contributed by atoms with van der Waals surface area (Å²) in [4.78, 5) is 0. The van der Waals surface area contributed by atoms with Crippen molar-refractivity contribution in [1.82, 2.24) is 5.32 Å². The summed E-state index contributed by atoms with van der Waals surface area (Å²) in [6.45, 7) is 6.79. The van der Waals surface area contributed by atoms with Gasteiger partial charge in [-0.05, 0) is 32.4 Å². The first-order chi connectivity index (χ1) is 9.69. The number of rotatable bonds is 7. The van der Waals surface area contributed by atoms with Crippen molar-refractivity contribution in [2.75, 3.05) is 13.2 Å². The summed E-state index contributed by atoms with van der Waals surface area (Å²) in [6.07, 6.45) is 0.880. The predicted molar refractivity (Wildman–Crippen MR) is 80.1 cm³/mol. The van der Waals surface area contributed by atoms with E-state index in [0.717, 1.165) is 28.9 Å². The molecule has 0 saturated carbocycles. The molecule has 0 radical (unpaired) electrons. The molecular weight excluding hydrogens is 254 g/mol. The van der Waals surface area contributed by atoms with Gasteiger partial charge in [0.1, 0.15) is 5.76 Å². The fourth-order valence-electron chi connectivity index (χ4n) is 2.27. The second kappa shape index (κ2) is 6.77. The van der Waals surface area contributed by atoms with Crippen molar-refractivity contribution in [1.29, 1.82) is 0 Å². The highest BCUT2D eigenvalue weighted by Crippen LogP contribution is 2.31. The van der Waals surface area contributed by atoms with Gasteiger partial charge in [0.2, 0.25) is 0 Å². The van der Waals surface area contributed by atoms with Crippen molar-refractivity contribution in [3.05, 3.63) is 30.0 Å². The van der Waals surface area contributed by atoms with Crippen LogP contribution in [0.15, 0.2) is 28.7 Å². The third-order valence-corrected chi connectivity index (χ3v) is 3.45. The van der Waals surface area contributed by atoms with Gasteiger partial charge >= 0.3 is 0 Å². The van der Waals surface area contributed by atoms with Crippen molar-refractivity contribution < 1.29 is 14.3 Å². The summed E-state index contributed by atoms with van der Waals surface area (Å²) in [5, 5.41) is 13.7. The minimum atomic E-state index is 0.0500. The zero-order valence-electron chi connectivity index (χ0n) is 12.3. The van der Waals surface area contributed by atoms with E-state index in [1.165, 1.54) is 0 Å². The molecule has 20 heavy (non-hydrogen) atoms. The van der Waals surface area contributed by atoms with Crippen molar-refractivity contribution in [2.24, 2.45) is 0 Å². The van der Waals surface area contributed by atoms with E-state index in [-0.39, 0.29) is 18.7 Å². The number of fused-ring (bicyclic) bond motifs is 1. The fourth-order valence-corrected chi connectivity index (χ4v) is 2.27. The lowest BCUT2D eigenvalue weighted by Gasteiger charge is -2.18. The van der Waals surface area contributed by atoms with Gasteiger partial charge in [-0.25, -0.2) is 0 Å². The Bertz CT molecular complexity index is 546. The van der Waals surface area contributed by atoms with Crippen LogP contribution in [0.1, 0.15) is 39.0 Å². The van der Waals surface area contributed by atoms with Crippen LogP contribution in [0.25, 0.3) is 11.0 Å². The maximum absolute atomic E-state index is 9.26. The Morgan fingerprint density at radius 2 is 2.15 bits per heavy atom. The molecule has 0 saturated heterocycles. The van der Waals surface area contributed by atoms with Crippen LogP contribution in [0.3, 0.4) is 0 Å². The molecular formula is C16H23NO3. The summed E-state index contributed by atoms with van der Waals surface area (Å²) < 4.78 is 11.5. The van der Waals surface area contributed by atoms with Crippen LogP contribution in [0, 0.1) is 0 Å². The normalized spacial score (nSPS) is 14.4. The summed E-state index contributed by atoms with van der Waals surface area (Å²) in [6, 6.07) is 8.06. The summed E-state index contributed by atoms with van der Waals surface area (Å²) in [7, 11) is 0. The fraction of sp³-hybridized carbons (Fsp3) is 0.500. The van der Waals surface area contributed by atoms with E-state index in [9.17, 15) is 5.11 Å². The first kappa shape index (κ1) is 14.9. The zero-order valence-corrected chi connectivity index (χ0v) is 12.3. The van der Waals surface area contributed by atoms with E-state index in [1.807, 2.05) is 45.0 Å². The van der Waals surface area contributed by atoms with Crippen LogP contribution in [-0.4, -0.2) is 24.4 Å². The van der Waals surface area contributed by atoms with E-state index in [2.05, 4.69) is 5.32 Å². The number of nitrogens with one attached hydrogen (secondary N) is 1. The minimum absolute atomic E-state index is 0.0500. The molecule has 2 aromatic rings. The van der Waals surface area contributed by atoms with Crippen molar-refractivity contribution in [3.63, 3.8) is 0 Å². The van der Waals surface area contributed by atoms with Gasteiger partial charge in [-0.15, -0.1) is 0 Å². The molecule has 4 nitrogen and oxygen atoms in total. The molecule has 1 aromatic carbocycles. The average molecular weight is 277 g/mol. The Labute approximate surface area is 119 Å². The summed E-state index contributed by atoms with van der Waals surface area (Å²) >= 11 is 0. The van der Waals surface area contributed by atoms with Crippen molar-refractivity contribution >= 4 is 11.0 Å². The number of ether oxygens (including phenoxy) is 1. The maximum Gasteiger partial charge on any atom is 0.176 e. The number of hydrogen-bond acceptors (Lipinski definition) is 4. The third kappa shape index (κ3) is 3.14. The minimum Gasteiger partial charge on any atom is -0.490 e. The third-order valence-electron chi connectivity index (χ3n) is 3.45. The van der Waals surface area contributed by atoms with Gasteiger partial charge in [-0.1, -0.05) is 19.1 Å².